The number of rotatable bonds is 4. The first-order chi connectivity index (χ1) is 12.4. The highest BCUT2D eigenvalue weighted by molar-refractivity contribution is 5.88. The van der Waals surface area contributed by atoms with E-state index in [0.717, 1.165) is 29.9 Å². The predicted octanol–water partition coefficient (Wildman–Crippen LogP) is 2.23. The van der Waals surface area contributed by atoms with Crippen LogP contribution in [0, 0.1) is 5.41 Å². The lowest BCUT2D eigenvalue weighted by atomic mass is 10.0. The molecule has 2 aliphatic rings. The van der Waals surface area contributed by atoms with Crippen molar-refractivity contribution < 1.29 is 9.90 Å². The first-order valence-corrected chi connectivity index (χ1v) is 9.04. The minimum Gasteiger partial charge on any atom is -0.477 e. The van der Waals surface area contributed by atoms with Crippen molar-refractivity contribution in [2.75, 3.05) is 18.0 Å². The lowest BCUT2D eigenvalue weighted by Gasteiger charge is -2.19. The quantitative estimate of drug-likeness (QED) is 0.783. The maximum Gasteiger partial charge on any atom is 0.341 e. The Morgan fingerprint density at radius 3 is 2.58 bits per heavy atom. The third-order valence-electron chi connectivity index (χ3n) is 5.86. The number of aromatic carboxylic acids is 1. The fourth-order valence-electron chi connectivity index (χ4n) is 3.99. The Balaban J connectivity index is 1.64. The largest absolute Gasteiger partial charge is 0.477 e. The summed E-state index contributed by atoms with van der Waals surface area (Å²) < 4.78 is 0. The number of nitrogens with two attached hydrogens (primary N) is 1. The van der Waals surface area contributed by atoms with Crippen molar-refractivity contribution in [1.82, 2.24) is 4.98 Å². The predicted molar refractivity (Wildman–Crippen MR) is 101 cm³/mol. The molecule has 0 radical (unpaired) electrons. The van der Waals surface area contributed by atoms with E-state index in [0.29, 0.717) is 17.5 Å². The Labute approximate surface area is 151 Å². The number of hydrogen-bond acceptors (Lipinski definition) is 4. The highest BCUT2D eigenvalue weighted by atomic mass is 16.4. The molecule has 0 bridgehead atoms. The van der Waals surface area contributed by atoms with Gasteiger partial charge < -0.3 is 20.7 Å². The summed E-state index contributed by atoms with van der Waals surface area (Å²) in [6.07, 6.45) is 3.08. The first-order valence-electron chi connectivity index (χ1n) is 9.04. The fraction of sp³-hybridized carbons (Fsp3) is 0.400. The second-order valence-electron chi connectivity index (χ2n) is 7.47. The molecule has 1 spiro atoms. The van der Waals surface area contributed by atoms with Crippen LogP contribution < -0.4 is 16.2 Å². The molecule has 26 heavy (non-hydrogen) atoms. The van der Waals surface area contributed by atoms with E-state index in [1.807, 2.05) is 31.2 Å². The summed E-state index contributed by atoms with van der Waals surface area (Å²) in [5.41, 5.74) is 9.33. The lowest BCUT2D eigenvalue weighted by molar-refractivity contribution is 0.0695. The number of nitrogens with one attached hydrogen (secondary N) is 1. The minimum atomic E-state index is -1.21. The molecule has 1 saturated carbocycles. The van der Waals surface area contributed by atoms with Gasteiger partial charge in [0.2, 0.25) is 0 Å². The van der Waals surface area contributed by atoms with Gasteiger partial charge in [0, 0.05) is 30.2 Å². The number of H-pyrrole nitrogens is 1. The molecule has 6 heteroatoms. The van der Waals surface area contributed by atoms with Gasteiger partial charge in [-0.25, -0.2) is 4.79 Å². The van der Waals surface area contributed by atoms with E-state index < -0.39 is 11.5 Å². The van der Waals surface area contributed by atoms with Gasteiger partial charge >= 0.3 is 5.97 Å². The maximum atomic E-state index is 12.1. The third-order valence-corrected chi connectivity index (χ3v) is 5.86. The average Bonchev–Trinajstić information content (AvgIpc) is 3.34. The minimum absolute atomic E-state index is 0.219. The molecule has 2 fully saturated rings. The van der Waals surface area contributed by atoms with Crippen LogP contribution in [0.2, 0.25) is 0 Å². The third kappa shape index (κ3) is 2.70. The maximum absolute atomic E-state index is 12.1. The summed E-state index contributed by atoms with van der Waals surface area (Å²) in [5, 5.41) is 9.14. The van der Waals surface area contributed by atoms with Gasteiger partial charge in [0.05, 0.1) is 5.69 Å². The zero-order valence-corrected chi connectivity index (χ0v) is 14.8. The zero-order valence-electron chi connectivity index (χ0n) is 14.8. The Morgan fingerprint density at radius 1 is 1.35 bits per heavy atom. The summed E-state index contributed by atoms with van der Waals surface area (Å²) in [7, 11) is 0. The van der Waals surface area contributed by atoms with Crippen molar-refractivity contribution in [3.63, 3.8) is 0 Å². The van der Waals surface area contributed by atoms with Crippen LogP contribution >= 0.6 is 0 Å². The Kier molecular flexibility index (Phi) is 3.88. The number of pyridine rings is 1. The Morgan fingerprint density at radius 2 is 2.04 bits per heavy atom. The molecule has 1 unspecified atom stereocenters. The summed E-state index contributed by atoms with van der Waals surface area (Å²) in [5.74, 6) is -1.21. The number of benzene rings is 1. The fourth-order valence-corrected chi connectivity index (χ4v) is 3.99. The highest BCUT2D eigenvalue weighted by Crippen LogP contribution is 2.52. The number of aromatic amines is 1. The van der Waals surface area contributed by atoms with Gasteiger partial charge in [0.1, 0.15) is 5.56 Å². The van der Waals surface area contributed by atoms with Crippen LogP contribution in [0.5, 0.6) is 0 Å². The van der Waals surface area contributed by atoms with Crippen molar-refractivity contribution in [3.05, 3.63) is 51.8 Å². The molecule has 1 atom stereocenters. The van der Waals surface area contributed by atoms with Gasteiger partial charge in [-0.3, -0.25) is 4.79 Å². The summed E-state index contributed by atoms with van der Waals surface area (Å²) in [6, 6.07) is 9.76. The van der Waals surface area contributed by atoms with Crippen LogP contribution in [0.3, 0.4) is 0 Å². The molecular weight excluding hydrogens is 330 g/mol. The molecule has 4 rings (SSSR count). The van der Waals surface area contributed by atoms with Crippen molar-refractivity contribution in [3.8, 4) is 11.3 Å². The monoisotopic (exact) mass is 353 g/mol. The summed E-state index contributed by atoms with van der Waals surface area (Å²) in [4.78, 5) is 28.3. The van der Waals surface area contributed by atoms with Crippen LogP contribution in [0.1, 0.15) is 35.7 Å². The lowest BCUT2D eigenvalue weighted by Crippen LogP contribution is -2.30. The topological polar surface area (TPSA) is 99.4 Å². The molecular formula is C20H23N3O3. The second-order valence-corrected chi connectivity index (χ2v) is 7.47. The number of carbonyl (C=O) groups is 1. The van der Waals surface area contributed by atoms with Crippen LogP contribution in [0.15, 0.2) is 35.1 Å². The van der Waals surface area contributed by atoms with Crippen molar-refractivity contribution >= 4 is 11.7 Å². The number of nitrogens with zero attached hydrogens (tertiary/aromatic N) is 1. The molecule has 6 nitrogen and oxygen atoms in total. The molecule has 0 amide bonds. The van der Waals surface area contributed by atoms with Crippen molar-refractivity contribution in [2.24, 2.45) is 11.1 Å². The molecule has 1 aliphatic heterocycles. The standard InChI is InChI=1S/C20H23N3O3/c1-2-12-9-15(19(25)26)18(24)22-17(12)13-3-5-14(6-4-13)23-10-16(21)20(11-23)7-8-20/h3-6,9,16H,2,7-8,10-11,21H2,1H3,(H,22,24)(H,25,26). The number of hydrogen-bond donors (Lipinski definition) is 3. The Bertz CT molecular complexity index is 913. The van der Waals surface area contributed by atoms with E-state index in [2.05, 4.69) is 9.88 Å². The summed E-state index contributed by atoms with van der Waals surface area (Å²) in [6.45, 7) is 3.83. The Hall–Kier alpha value is -2.60. The number of carboxylic acid groups (broad SMARTS) is 1. The molecule has 2 aromatic rings. The van der Waals surface area contributed by atoms with Crippen LogP contribution in [-0.2, 0) is 6.42 Å². The van der Waals surface area contributed by atoms with E-state index in [1.54, 1.807) is 0 Å². The van der Waals surface area contributed by atoms with E-state index in [1.165, 1.54) is 18.9 Å². The van der Waals surface area contributed by atoms with E-state index in [-0.39, 0.29) is 11.6 Å². The smallest absolute Gasteiger partial charge is 0.341 e. The SMILES string of the molecule is CCc1cc(C(=O)O)c(=O)[nH]c1-c1ccc(N2CC(N)C3(CC3)C2)cc1. The van der Waals surface area contributed by atoms with E-state index in [4.69, 9.17) is 10.8 Å². The molecule has 136 valence electrons. The molecule has 1 aromatic heterocycles. The molecule has 2 heterocycles. The number of aromatic nitrogens is 1. The van der Waals surface area contributed by atoms with Gasteiger partial charge in [-0.1, -0.05) is 19.1 Å². The van der Waals surface area contributed by atoms with E-state index in [9.17, 15) is 9.59 Å². The van der Waals surface area contributed by atoms with Gasteiger partial charge in [0.25, 0.3) is 5.56 Å². The van der Waals surface area contributed by atoms with Crippen LogP contribution in [-0.4, -0.2) is 35.2 Å². The molecule has 1 aromatic carbocycles. The molecule has 1 aliphatic carbocycles. The average molecular weight is 353 g/mol. The molecule has 1 saturated heterocycles. The van der Waals surface area contributed by atoms with Gasteiger partial charge in [-0.2, -0.15) is 0 Å². The van der Waals surface area contributed by atoms with Crippen LogP contribution in [0.4, 0.5) is 5.69 Å². The van der Waals surface area contributed by atoms with Gasteiger partial charge in [-0.05, 0) is 48.6 Å². The van der Waals surface area contributed by atoms with Gasteiger partial charge in [-0.15, -0.1) is 0 Å². The summed E-state index contributed by atoms with van der Waals surface area (Å²) >= 11 is 0. The highest BCUT2D eigenvalue weighted by Gasteiger charge is 2.53. The van der Waals surface area contributed by atoms with Crippen LogP contribution in [0.25, 0.3) is 11.3 Å². The first kappa shape index (κ1) is 16.8. The van der Waals surface area contributed by atoms with Gasteiger partial charge in [0.15, 0.2) is 0 Å². The second kappa shape index (κ2) is 5.99. The van der Waals surface area contributed by atoms with Crippen molar-refractivity contribution in [2.45, 2.75) is 32.2 Å². The van der Waals surface area contributed by atoms with Crippen molar-refractivity contribution in [1.29, 1.82) is 0 Å². The number of carboxylic acids is 1. The zero-order chi connectivity index (χ0) is 18.5. The number of anilines is 1. The van der Waals surface area contributed by atoms with E-state index >= 15 is 0 Å². The molecule has 4 N–H and O–H groups in total. The normalized spacial score (nSPS) is 20.5. The number of aryl methyl sites for hydroxylation is 1.